The zero-order chi connectivity index (χ0) is 29.4. The molecule has 10 nitrogen and oxygen atoms in total. The largest absolute Gasteiger partial charge is 0.492 e. The van der Waals surface area contributed by atoms with E-state index >= 15 is 0 Å². The molecule has 0 radical (unpaired) electrons. The second kappa shape index (κ2) is 8.93. The van der Waals surface area contributed by atoms with Crippen molar-refractivity contribution in [2.24, 2.45) is 0 Å². The van der Waals surface area contributed by atoms with Crippen LogP contribution in [0.2, 0.25) is 0 Å². The molecule has 0 saturated heterocycles. The monoisotopic (exact) mass is 564 g/mol. The van der Waals surface area contributed by atoms with Crippen LogP contribution in [-0.4, -0.2) is 51.9 Å². The van der Waals surface area contributed by atoms with E-state index in [1.165, 1.54) is 28.4 Å². The molecule has 0 saturated carbocycles. The van der Waals surface area contributed by atoms with Crippen LogP contribution in [0, 0.1) is 0 Å². The molecule has 0 fully saturated rings. The Labute approximate surface area is 236 Å². The molecule has 2 heterocycles. The summed E-state index contributed by atoms with van der Waals surface area (Å²) in [5.41, 5.74) is -0.442. The number of carbonyl (C=O) groups excluding carboxylic acids is 4. The maximum absolute atomic E-state index is 14.6. The molecule has 10 heteroatoms. The predicted octanol–water partition coefficient (Wildman–Crippen LogP) is 5.85. The highest BCUT2D eigenvalue weighted by Crippen LogP contribution is 2.50. The number of hydrogen-bond donors (Lipinski definition) is 0. The van der Waals surface area contributed by atoms with E-state index < -0.39 is 23.5 Å². The van der Waals surface area contributed by atoms with Crippen molar-refractivity contribution in [3.63, 3.8) is 0 Å². The Hall–Kier alpha value is -5.64. The first-order valence-electron chi connectivity index (χ1n) is 12.7. The highest BCUT2D eigenvalue weighted by molar-refractivity contribution is 6.40. The fourth-order valence-electron chi connectivity index (χ4n) is 6.00. The second-order valence-electron chi connectivity index (χ2n) is 9.56. The fourth-order valence-corrected chi connectivity index (χ4v) is 6.00. The molecule has 7 rings (SSSR count). The van der Waals surface area contributed by atoms with Gasteiger partial charge >= 0.3 is 11.9 Å². The molecule has 0 amide bonds. The fraction of sp³-hybridized carbons (Fsp3) is 0.125. The number of methoxy groups -OCH3 is 4. The van der Waals surface area contributed by atoms with Gasteiger partial charge in [0.25, 0.3) is 0 Å². The van der Waals surface area contributed by atoms with Crippen LogP contribution in [0.5, 0.6) is 11.5 Å². The summed E-state index contributed by atoms with van der Waals surface area (Å²) in [7, 11) is 4.98. The van der Waals surface area contributed by atoms with Gasteiger partial charge in [0, 0.05) is 21.5 Å². The Bertz CT molecular complexity index is 2050. The first kappa shape index (κ1) is 25.3. The minimum absolute atomic E-state index is 0.0696. The van der Waals surface area contributed by atoms with E-state index in [0.717, 1.165) is 0 Å². The van der Waals surface area contributed by atoms with E-state index in [1.54, 1.807) is 48.5 Å². The van der Waals surface area contributed by atoms with Crippen molar-refractivity contribution in [3.05, 3.63) is 81.9 Å². The summed E-state index contributed by atoms with van der Waals surface area (Å²) in [5.74, 6) is -3.41. The standard InChI is InChI=1S/C32H20O10/c1-37-27-23-19(21(31(35)39-3)17-13-9-5-7-11-15(13)41-29(17)27)26(34)24-20(25(23)33)22(32(36)40-4)18-14-10-6-8-12-16(14)42-30(18)28(24)38-2/h5-12H,1-4H3. The first-order valence-corrected chi connectivity index (χ1v) is 12.7. The van der Waals surface area contributed by atoms with E-state index in [9.17, 15) is 19.2 Å². The van der Waals surface area contributed by atoms with E-state index in [0.29, 0.717) is 21.9 Å². The van der Waals surface area contributed by atoms with Gasteiger partial charge in [0.15, 0.2) is 34.2 Å². The van der Waals surface area contributed by atoms with E-state index in [2.05, 4.69) is 0 Å². The first-order chi connectivity index (χ1) is 20.4. The molecule has 0 spiro atoms. The van der Waals surface area contributed by atoms with Gasteiger partial charge in [0.1, 0.15) is 11.2 Å². The molecule has 0 bridgehead atoms. The third kappa shape index (κ3) is 3.03. The van der Waals surface area contributed by atoms with Crippen LogP contribution in [0.4, 0.5) is 0 Å². The second-order valence-corrected chi connectivity index (χ2v) is 9.56. The SMILES string of the molecule is COC(=O)c1c2c(c(OC)c3oc4ccccc4c13)C(=O)c1c(c(OC)c3oc4ccccc4c3c1C(=O)OC)C2=O. The molecule has 208 valence electrons. The van der Waals surface area contributed by atoms with Gasteiger partial charge in [-0.15, -0.1) is 0 Å². The normalized spacial score (nSPS) is 12.6. The minimum atomic E-state index is -0.868. The Morgan fingerprint density at radius 3 is 1.31 bits per heavy atom. The summed E-state index contributed by atoms with van der Waals surface area (Å²) >= 11 is 0. The quantitative estimate of drug-likeness (QED) is 0.240. The van der Waals surface area contributed by atoms with Gasteiger partial charge in [-0.3, -0.25) is 9.59 Å². The van der Waals surface area contributed by atoms with Gasteiger partial charge in [-0.1, -0.05) is 36.4 Å². The molecule has 6 aromatic rings. The predicted molar refractivity (Wildman–Crippen MR) is 150 cm³/mol. The van der Waals surface area contributed by atoms with Gasteiger partial charge in [-0.25, -0.2) is 9.59 Å². The van der Waals surface area contributed by atoms with Crippen molar-refractivity contribution in [1.29, 1.82) is 0 Å². The summed E-state index contributed by atoms with van der Waals surface area (Å²) in [4.78, 5) is 56.1. The van der Waals surface area contributed by atoms with Gasteiger partial charge in [0.05, 0.1) is 61.8 Å². The molecule has 4 aromatic carbocycles. The molecule has 1 aliphatic rings. The summed E-state index contributed by atoms with van der Waals surface area (Å²) in [6, 6.07) is 13.8. The third-order valence-corrected chi connectivity index (χ3v) is 7.65. The number of hydrogen-bond acceptors (Lipinski definition) is 10. The molecular formula is C32H20O10. The zero-order valence-electron chi connectivity index (χ0n) is 22.7. The molecule has 1 aliphatic carbocycles. The number of esters is 2. The summed E-state index contributed by atoms with van der Waals surface area (Å²) < 4.78 is 33.8. The van der Waals surface area contributed by atoms with Crippen LogP contribution in [0.15, 0.2) is 57.4 Å². The van der Waals surface area contributed by atoms with Gasteiger partial charge < -0.3 is 27.8 Å². The van der Waals surface area contributed by atoms with Crippen molar-refractivity contribution >= 4 is 67.4 Å². The number of ether oxygens (including phenoxy) is 4. The van der Waals surface area contributed by atoms with Crippen LogP contribution in [0.1, 0.15) is 52.6 Å². The lowest BCUT2D eigenvalue weighted by Crippen LogP contribution is -2.28. The topological polar surface area (TPSA) is 131 Å². The van der Waals surface area contributed by atoms with Crippen molar-refractivity contribution in [2.75, 3.05) is 28.4 Å². The van der Waals surface area contributed by atoms with Crippen LogP contribution in [0.3, 0.4) is 0 Å². The Morgan fingerprint density at radius 1 is 0.571 bits per heavy atom. The van der Waals surface area contributed by atoms with Crippen molar-refractivity contribution in [2.45, 2.75) is 0 Å². The lowest BCUT2D eigenvalue weighted by molar-refractivity contribution is 0.0590. The summed E-state index contributed by atoms with van der Waals surface area (Å²) in [6.45, 7) is 0. The van der Waals surface area contributed by atoms with Crippen molar-refractivity contribution < 1.29 is 47.0 Å². The van der Waals surface area contributed by atoms with Crippen LogP contribution in [0.25, 0.3) is 43.9 Å². The Balaban J connectivity index is 1.73. The van der Waals surface area contributed by atoms with Gasteiger partial charge in [-0.2, -0.15) is 0 Å². The molecule has 2 aromatic heterocycles. The van der Waals surface area contributed by atoms with Crippen LogP contribution < -0.4 is 9.47 Å². The lowest BCUT2D eigenvalue weighted by atomic mass is 9.77. The average molecular weight is 565 g/mol. The molecule has 0 aliphatic heterocycles. The Kier molecular flexibility index (Phi) is 5.39. The number of para-hydroxylation sites is 2. The maximum Gasteiger partial charge on any atom is 0.339 e. The van der Waals surface area contributed by atoms with E-state index in [4.69, 9.17) is 27.8 Å². The molecule has 0 N–H and O–H groups in total. The Morgan fingerprint density at radius 2 is 0.952 bits per heavy atom. The molecule has 0 atom stereocenters. The molecular weight excluding hydrogens is 544 g/mol. The number of rotatable bonds is 4. The maximum atomic E-state index is 14.6. The number of fused-ring (bicyclic) bond motifs is 8. The summed E-state index contributed by atoms with van der Waals surface area (Å²) in [6.07, 6.45) is 0. The number of carbonyl (C=O) groups is 4. The van der Waals surface area contributed by atoms with Crippen LogP contribution >= 0.6 is 0 Å². The van der Waals surface area contributed by atoms with Gasteiger partial charge in [-0.05, 0) is 12.1 Å². The van der Waals surface area contributed by atoms with Gasteiger partial charge in [0.2, 0.25) is 0 Å². The van der Waals surface area contributed by atoms with E-state index in [-0.39, 0.29) is 66.8 Å². The van der Waals surface area contributed by atoms with Crippen molar-refractivity contribution in [3.8, 4) is 11.5 Å². The summed E-state index contributed by atoms with van der Waals surface area (Å²) in [5, 5.41) is 1.51. The molecule has 42 heavy (non-hydrogen) atoms. The third-order valence-electron chi connectivity index (χ3n) is 7.65. The zero-order valence-corrected chi connectivity index (χ0v) is 22.7. The number of furan rings is 2. The highest BCUT2D eigenvalue weighted by Gasteiger charge is 2.45. The van der Waals surface area contributed by atoms with Crippen molar-refractivity contribution in [1.82, 2.24) is 0 Å². The highest BCUT2D eigenvalue weighted by atomic mass is 16.5. The molecule has 0 unspecified atom stereocenters. The minimum Gasteiger partial charge on any atom is -0.492 e. The van der Waals surface area contributed by atoms with E-state index in [1.807, 2.05) is 0 Å². The lowest BCUT2D eigenvalue weighted by Gasteiger charge is -2.25. The smallest absolute Gasteiger partial charge is 0.339 e. The number of benzene rings is 4. The number of ketones is 2. The average Bonchev–Trinajstić information content (AvgIpc) is 3.59. The van der Waals surface area contributed by atoms with Crippen LogP contribution in [-0.2, 0) is 9.47 Å².